The van der Waals surface area contributed by atoms with Gasteiger partial charge in [0.05, 0.1) is 16.5 Å². The van der Waals surface area contributed by atoms with Gasteiger partial charge in [0, 0.05) is 11.1 Å². The minimum absolute atomic E-state index is 0.131. The normalized spacial score (nSPS) is 12.9. The summed E-state index contributed by atoms with van der Waals surface area (Å²) in [5.41, 5.74) is 4.42. The van der Waals surface area contributed by atoms with Crippen LogP contribution in [0.2, 0.25) is 5.02 Å². The molecule has 0 saturated heterocycles. The zero-order valence-corrected chi connectivity index (χ0v) is 8.12. The van der Waals surface area contributed by atoms with Crippen molar-refractivity contribution in [2.24, 2.45) is 5.73 Å². The van der Waals surface area contributed by atoms with E-state index in [1.807, 2.05) is 0 Å². The summed E-state index contributed by atoms with van der Waals surface area (Å²) in [6.45, 7) is 0. The van der Waals surface area contributed by atoms with Crippen molar-refractivity contribution in [1.82, 2.24) is 0 Å². The van der Waals surface area contributed by atoms with Crippen LogP contribution in [0.15, 0.2) is 18.2 Å². The Kier molecular flexibility index (Phi) is 3.54. The van der Waals surface area contributed by atoms with Gasteiger partial charge in [0.2, 0.25) is 0 Å². The van der Waals surface area contributed by atoms with Gasteiger partial charge in [0.25, 0.3) is 12.1 Å². The zero-order valence-electron chi connectivity index (χ0n) is 7.36. The number of halogens is 3. The van der Waals surface area contributed by atoms with Gasteiger partial charge in [-0.1, -0.05) is 11.6 Å². The Morgan fingerprint density at radius 2 is 2.07 bits per heavy atom. The fraction of sp³-hybridized carbons (Fsp3) is 0.250. The molecule has 1 atom stereocenters. The maximum absolute atomic E-state index is 12.3. The van der Waals surface area contributed by atoms with Gasteiger partial charge in [0.15, 0.2) is 0 Å². The molecule has 15 heavy (non-hydrogen) atoms. The van der Waals surface area contributed by atoms with Gasteiger partial charge < -0.3 is 5.73 Å². The van der Waals surface area contributed by atoms with Crippen LogP contribution in [0.5, 0.6) is 0 Å². The molecule has 0 saturated carbocycles. The van der Waals surface area contributed by atoms with Crippen molar-refractivity contribution in [3.05, 3.63) is 38.9 Å². The second-order valence-electron chi connectivity index (χ2n) is 2.82. The lowest BCUT2D eigenvalue weighted by atomic mass is 10.1. The van der Waals surface area contributed by atoms with Gasteiger partial charge in [-0.3, -0.25) is 10.1 Å². The summed E-state index contributed by atoms with van der Waals surface area (Å²) >= 11 is 5.55. The van der Waals surface area contributed by atoms with Gasteiger partial charge >= 0.3 is 0 Å². The minimum Gasteiger partial charge on any atom is -0.319 e. The molecule has 1 aromatic rings. The van der Waals surface area contributed by atoms with E-state index in [0.29, 0.717) is 0 Å². The molecule has 0 spiro atoms. The molecule has 1 rings (SSSR count). The van der Waals surface area contributed by atoms with E-state index in [9.17, 15) is 18.9 Å². The van der Waals surface area contributed by atoms with Gasteiger partial charge in [-0.05, 0) is 12.1 Å². The van der Waals surface area contributed by atoms with Gasteiger partial charge in [-0.25, -0.2) is 8.78 Å². The molecule has 82 valence electrons. The third kappa shape index (κ3) is 2.60. The van der Waals surface area contributed by atoms with E-state index in [2.05, 4.69) is 0 Å². The van der Waals surface area contributed by atoms with E-state index in [1.54, 1.807) is 0 Å². The van der Waals surface area contributed by atoms with Crippen LogP contribution >= 0.6 is 11.6 Å². The van der Waals surface area contributed by atoms with Crippen molar-refractivity contribution in [2.75, 3.05) is 0 Å². The lowest BCUT2D eigenvalue weighted by molar-refractivity contribution is -0.385. The van der Waals surface area contributed by atoms with Crippen LogP contribution in [0.25, 0.3) is 0 Å². The summed E-state index contributed by atoms with van der Waals surface area (Å²) in [5.74, 6) is 0. The Bertz CT molecular complexity index is 387. The first-order valence-corrected chi connectivity index (χ1v) is 4.29. The Labute approximate surface area is 88.8 Å². The highest BCUT2D eigenvalue weighted by molar-refractivity contribution is 6.30. The average Bonchev–Trinajstić information content (AvgIpc) is 2.15. The summed E-state index contributed by atoms with van der Waals surface area (Å²) in [5, 5.41) is 10.7. The second kappa shape index (κ2) is 4.50. The number of hydrogen-bond donors (Lipinski definition) is 1. The van der Waals surface area contributed by atoms with Gasteiger partial charge in [-0.15, -0.1) is 0 Å². The lowest BCUT2D eigenvalue weighted by Gasteiger charge is -2.11. The number of rotatable bonds is 3. The van der Waals surface area contributed by atoms with E-state index in [-0.39, 0.29) is 10.6 Å². The van der Waals surface area contributed by atoms with Crippen LogP contribution in [0, 0.1) is 10.1 Å². The van der Waals surface area contributed by atoms with Crippen LogP contribution < -0.4 is 5.73 Å². The minimum atomic E-state index is -2.87. The first-order valence-electron chi connectivity index (χ1n) is 3.91. The Morgan fingerprint density at radius 1 is 1.47 bits per heavy atom. The number of nitro groups is 1. The van der Waals surface area contributed by atoms with Crippen molar-refractivity contribution in [1.29, 1.82) is 0 Å². The second-order valence-corrected chi connectivity index (χ2v) is 3.26. The smallest absolute Gasteiger partial charge is 0.274 e. The van der Waals surface area contributed by atoms with Crippen LogP contribution in [0.3, 0.4) is 0 Å². The predicted molar refractivity (Wildman–Crippen MR) is 51.0 cm³/mol. The van der Waals surface area contributed by atoms with E-state index in [1.165, 1.54) is 6.07 Å². The third-order valence-corrected chi connectivity index (χ3v) is 2.05. The summed E-state index contributed by atoms with van der Waals surface area (Å²) in [7, 11) is 0. The highest BCUT2D eigenvalue weighted by Crippen LogP contribution is 2.29. The SMILES string of the molecule is N[C@@H](c1cc(Cl)ccc1[N+](=O)[O-])C(F)F. The zero-order chi connectivity index (χ0) is 11.6. The van der Waals surface area contributed by atoms with Crippen molar-refractivity contribution >= 4 is 17.3 Å². The molecule has 0 unspecified atom stereocenters. The molecular formula is C8H7ClF2N2O2. The topological polar surface area (TPSA) is 69.2 Å². The van der Waals surface area contributed by atoms with Gasteiger partial charge in [-0.2, -0.15) is 0 Å². The van der Waals surface area contributed by atoms with Crippen molar-refractivity contribution in [2.45, 2.75) is 12.5 Å². The Hall–Kier alpha value is -1.27. The van der Waals surface area contributed by atoms with Crippen LogP contribution in [0.1, 0.15) is 11.6 Å². The molecule has 0 radical (unpaired) electrons. The number of hydrogen-bond acceptors (Lipinski definition) is 3. The number of nitro benzene ring substituents is 1. The van der Waals surface area contributed by atoms with E-state index in [0.717, 1.165) is 12.1 Å². The molecule has 0 amide bonds. The first kappa shape index (κ1) is 11.8. The molecule has 4 nitrogen and oxygen atoms in total. The largest absolute Gasteiger partial charge is 0.319 e. The first-order chi connectivity index (χ1) is 6.93. The Morgan fingerprint density at radius 3 is 2.53 bits per heavy atom. The van der Waals surface area contributed by atoms with E-state index < -0.39 is 23.1 Å². The van der Waals surface area contributed by atoms with Crippen LogP contribution in [-0.4, -0.2) is 11.3 Å². The number of benzene rings is 1. The number of nitrogens with two attached hydrogens (primary N) is 1. The third-order valence-electron chi connectivity index (χ3n) is 1.82. The fourth-order valence-corrected chi connectivity index (χ4v) is 1.27. The van der Waals surface area contributed by atoms with Crippen molar-refractivity contribution in [3.63, 3.8) is 0 Å². The fourth-order valence-electron chi connectivity index (χ4n) is 1.09. The Balaban J connectivity index is 3.24. The summed E-state index contributed by atoms with van der Waals surface area (Å²) in [6, 6.07) is 1.68. The highest BCUT2D eigenvalue weighted by Gasteiger charge is 2.26. The molecule has 0 aliphatic heterocycles. The molecule has 0 aromatic heterocycles. The number of alkyl halides is 2. The van der Waals surface area contributed by atoms with Crippen LogP contribution in [-0.2, 0) is 0 Å². The standard InChI is InChI=1S/C8H7ClF2N2O2/c9-4-1-2-6(13(14)15)5(3-4)7(12)8(10)11/h1-3,7-8H,12H2/t7-/m0/s1. The maximum atomic E-state index is 12.3. The molecular weight excluding hydrogens is 230 g/mol. The molecule has 0 bridgehead atoms. The molecule has 1 aromatic carbocycles. The molecule has 0 heterocycles. The number of nitrogens with zero attached hydrogens (tertiary/aromatic N) is 1. The van der Waals surface area contributed by atoms with Crippen molar-refractivity contribution < 1.29 is 13.7 Å². The molecule has 0 aliphatic carbocycles. The van der Waals surface area contributed by atoms with E-state index in [4.69, 9.17) is 17.3 Å². The van der Waals surface area contributed by atoms with Gasteiger partial charge in [0.1, 0.15) is 0 Å². The van der Waals surface area contributed by atoms with Crippen LogP contribution in [0.4, 0.5) is 14.5 Å². The highest BCUT2D eigenvalue weighted by atomic mass is 35.5. The summed E-state index contributed by atoms with van der Waals surface area (Å²) in [6.07, 6.45) is -2.87. The summed E-state index contributed by atoms with van der Waals surface area (Å²) in [4.78, 5) is 9.75. The molecule has 0 aliphatic rings. The molecule has 0 fully saturated rings. The summed E-state index contributed by atoms with van der Waals surface area (Å²) < 4.78 is 24.6. The maximum Gasteiger partial charge on any atom is 0.274 e. The van der Waals surface area contributed by atoms with Crippen molar-refractivity contribution in [3.8, 4) is 0 Å². The quantitative estimate of drug-likeness (QED) is 0.648. The van der Waals surface area contributed by atoms with E-state index >= 15 is 0 Å². The predicted octanol–water partition coefficient (Wildman–Crippen LogP) is 2.51. The lowest BCUT2D eigenvalue weighted by Crippen LogP contribution is -2.20. The molecule has 2 N–H and O–H groups in total. The average molecular weight is 237 g/mol. The monoisotopic (exact) mass is 236 g/mol. The molecule has 7 heteroatoms.